The number of H-pyrrole nitrogens is 1. The summed E-state index contributed by atoms with van der Waals surface area (Å²) in [5.74, 6) is -4.61. The molecule has 4 aromatic carbocycles. The SMILES string of the molecule is CC(=O)N[C@@H](Cc1cc(F)cc(F)c1)[C@H](O)CNC1(c2cccc(-n3cccn3)c2)CCC2(CC1)OCCO2.CC(=O)N[C@@H](Cc1cc(F)cc(F)c1)[C@H](O)CNC1(c2cccc(Br)c2)CCC2(CC1)OCCO2.N[C@@H]1CCCC[C@@H]1N.c1cn[nH]c1. The van der Waals surface area contributed by atoms with Crippen LogP contribution in [0.25, 0.3) is 5.69 Å². The Morgan fingerprint density at radius 2 is 1.08 bits per heavy atom. The molecule has 11 N–H and O–H groups in total. The van der Waals surface area contributed by atoms with Crippen molar-refractivity contribution < 1.29 is 56.3 Å². The lowest BCUT2D eigenvalue weighted by atomic mass is 9.74. The highest BCUT2D eigenvalue weighted by Crippen LogP contribution is 2.47. The van der Waals surface area contributed by atoms with Gasteiger partial charge < -0.3 is 61.9 Å². The van der Waals surface area contributed by atoms with Crippen LogP contribution >= 0.6 is 15.9 Å². The lowest BCUT2D eigenvalue weighted by Gasteiger charge is -2.45. The second-order valence-corrected chi connectivity index (χ2v) is 24.2. The van der Waals surface area contributed by atoms with E-state index in [0.717, 1.165) is 59.1 Å². The molecule has 87 heavy (non-hydrogen) atoms. The normalized spacial score (nSPS) is 22.2. The fraction of sp³-hybridized carbons (Fsp3) is 0.500. The predicted octanol–water partition coefficient (Wildman–Crippen LogP) is 7.92. The average Bonchev–Trinajstić information content (AvgIpc) is 2.47. The quantitative estimate of drug-likeness (QED) is 0.0393. The molecule has 2 aliphatic heterocycles. The van der Waals surface area contributed by atoms with Crippen molar-refractivity contribution in [2.45, 2.75) is 163 Å². The van der Waals surface area contributed by atoms with Crippen molar-refractivity contribution in [3.8, 4) is 5.69 Å². The number of aliphatic hydroxyl groups is 2. The lowest BCUT2D eigenvalue weighted by molar-refractivity contribution is -0.187. The number of aromatic amines is 1. The summed E-state index contributed by atoms with van der Waals surface area (Å²) in [4.78, 5) is 23.8. The van der Waals surface area contributed by atoms with Gasteiger partial charge in [0.05, 0.1) is 56.4 Å². The van der Waals surface area contributed by atoms with Gasteiger partial charge in [-0.25, -0.2) is 22.2 Å². The summed E-state index contributed by atoms with van der Waals surface area (Å²) in [7, 11) is 0. The zero-order valence-corrected chi connectivity index (χ0v) is 51.0. The number of halogens is 5. The lowest BCUT2D eigenvalue weighted by Crippen LogP contribution is -2.55. The number of rotatable bonds is 17. The fourth-order valence-electron chi connectivity index (χ4n) is 12.3. The second-order valence-electron chi connectivity index (χ2n) is 23.2. The molecule has 3 saturated carbocycles. The molecule has 2 aromatic heterocycles. The molecule has 5 fully saturated rings. The number of aliphatic hydroxyl groups excluding tert-OH is 2. The van der Waals surface area contributed by atoms with Gasteiger partial charge in [-0.1, -0.05) is 53.0 Å². The molecular weight excluding hydrogens is 1190 g/mol. The Kier molecular flexibility index (Phi) is 24.2. The molecule has 2 saturated heterocycles. The van der Waals surface area contributed by atoms with E-state index in [-0.39, 0.29) is 49.8 Å². The maximum atomic E-state index is 13.8. The summed E-state index contributed by atoms with van der Waals surface area (Å²) in [6.45, 7) is 5.35. The first-order chi connectivity index (χ1) is 41.7. The van der Waals surface area contributed by atoms with Gasteiger partial charge in [0.2, 0.25) is 11.8 Å². The van der Waals surface area contributed by atoms with Crippen LogP contribution in [0.4, 0.5) is 17.6 Å². The van der Waals surface area contributed by atoms with Crippen molar-refractivity contribution >= 4 is 27.7 Å². The number of aromatic nitrogens is 4. The van der Waals surface area contributed by atoms with Gasteiger partial charge in [0.25, 0.3) is 0 Å². The number of amides is 2. The molecule has 4 heterocycles. The van der Waals surface area contributed by atoms with Crippen LogP contribution in [0.2, 0.25) is 0 Å². The molecule has 6 aromatic rings. The van der Waals surface area contributed by atoms with Crippen LogP contribution < -0.4 is 32.7 Å². The molecular formula is C64H83BrF4N10O8. The predicted molar refractivity (Wildman–Crippen MR) is 324 cm³/mol. The molecule has 3 aliphatic carbocycles. The van der Waals surface area contributed by atoms with Gasteiger partial charge in [0, 0.05) is 117 Å². The first-order valence-corrected chi connectivity index (χ1v) is 30.7. The van der Waals surface area contributed by atoms with Gasteiger partial charge in [0.15, 0.2) is 11.6 Å². The summed E-state index contributed by atoms with van der Waals surface area (Å²) in [5, 5.41) is 45.5. The molecule has 0 bridgehead atoms. The highest BCUT2D eigenvalue weighted by Gasteiger charge is 2.49. The number of nitrogens with one attached hydrogen (secondary N) is 5. The first kappa shape index (κ1) is 67.0. The zero-order chi connectivity index (χ0) is 62.0. The van der Waals surface area contributed by atoms with Gasteiger partial charge in [-0.3, -0.25) is 14.7 Å². The molecule has 0 unspecified atom stereocenters. The molecule has 18 nitrogen and oxygen atoms in total. The Balaban J connectivity index is 0.000000187. The summed E-state index contributed by atoms with van der Waals surface area (Å²) in [6, 6.07) is 25.4. The standard InChI is InChI=1S/C29H34F2N4O4.C26H31BrF2N2O4.C6H14N2.C3H4N2/c1-20(36)34-26(16-21-14-23(30)18-24(31)15-21)27(37)19-32-28(6-8-29(9-7-28)38-12-13-39-29)22-4-2-5-25(17-22)35-11-3-10-33-35;1-17(32)31-23(13-18-11-21(28)15-22(29)12-18)24(33)16-30-25(19-3-2-4-20(27)14-19)5-7-26(8-6-25)34-9-10-35-26;7-5-3-1-2-4-6(5)8;1-2-4-5-3-1/h2-5,10-11,14-15,17-18,26-27,32,37H,6-9,12-13,16,19H2,1H3,(H,34,36);2-4,11-12,14-15,23-24,30,33H,5-10,13,16H2,1H3,(H,31,32);5-6H,1-4,7-8H2;1-3H,(H,4,5)/t26-,27+;23-,24+;5-,6+;/m00../s1. The molecule has 5 aliphatic rings. The highest BCUT2D eigenvalue weighted by atomic mass is 79.9. The van der Waals surface area contributed by atoms with Crippen LogP contribution in [-0.4, -0.2) is 129 Å². The number of nitrogens with two attached hydrogens (primary N) is 2. The van der Waals surface area contributed by atoms with E-state index < -0.39 is 70.2 Å². The van der Waals surface area contributed by atoms with Crippen molar-refractivity contribution in [3.63, 3.8) is 0 Å². The van der Waals surface area contributed by atoms with E-state index in [1.807, 2.05) is 42.6 Å². The van der Waals surface area contributed by atoms with Crippen molar-refractivity contribution in [2.75, 3.05) is 39.5 Å². The van der Waals surface area contributed by atoms with Crippen molar-refractivity contribution in [3.05, 3.63) is 172 Å². The molecule has 2 spiro atoms. The van der Waals surface area contributed by atoms with E-state index in [9.17, 15) is 37.4 Å². The number of nitrogens with zero attached hydrogens (tertiary/aromatic N) is 3. The van der Waals surface area contributed by atoms with E-state index in [1.54, 1.807) is 23.3 Å². The Hall–Kier alpha value is -5.96. The van der Waals surface area contributed by atoms with E-state index >= 15 is 0 Å². The van der Waals surface area contributed by atoms with E-state index in [2.05, 4.69) is 76.8 Å². The third kappa shape index (κ3) is 19.3. The van der Waals surface area contributed by atoms with Crippen LogP contribution in [0.3, 0.4) is 0 Å². The summed E-state index contributed by atoms with van der Waals surface area (Å²) < 4.78 is 81.5. The number of carbonyl (C=O) groups is 2. The Labute approximate surface area is 514 Å². The van der Waals surface area contributed by atoms with Crippen LogP contribution in [0.5, 0.6) is 0 Å². The summed E-state index contributed by atoms with van der Waals surface area (Å²) >= 11 is 3.56. The van der Waals surface area contributed by atoms with Crippen LogP contribution in [0, 0.1) is 23.3 Å². The van der Waals surface area contributed by atoms with Crippen molar-refractivity contribution in [2.24, 2.45) is 11.5 Å². The molecule has 0 radical (unpaired) electrons. The molecule has 11 rings (SSSR count). The Morgan fingerprint density at radius 1 is 0.632 bits per heavy atom. The van der Waals surface area contributed by atoms with E-state index in [1.165, 1.54) is 51.0 Å². The topological polar surface area (TPSA) is 258 Å². The minimum absolute atomic E-state index is 0.0731. The smallest absolute Gasteiger partial charge is 0.217 e. The van der Waals surface area contributed by atoms with Gasteiger partial charge in [-0.15, -0.1) is 0 Å². The molecule has 472 valence electrons. The van der Waals surface area contributed by atoms with Crippen molar-refractivity contribution in [1.82, 2.24) is 41.2 Å². The number of hydrogen-bond acceptors (Lipinski definition) is 14. The van der Waals surface area contributed by atoms with Crippen LogP contribution in [-0.2, 0) is 52.5 Å². The van der Waals surface area contributed by atoms with Gasteiger partial charge >= 0.3 is 0 Å². The maximum absolute atomic E-state index is 13.8. The summed E-state index contributed by atoms with van der Waals surface area (Å²) in [6.07, 6.45) is 15.6. The number of hydrogen-bond donors (Lipinski definition) is 9. The molecule has 6 atom stereocenters. The first-order valence-electron chi connectivity index (χ1n) is 29.9. The number of carbonyl (C=O) groups excluding carboxylic acids is 2. The zero-order valence-electron chi connectivity index (χ0n) is 49.4. The largest absolute Gasteiger partial charge is 0.390 e. The van der Waals surface area contributed by atoms with E-state index in [4.69, 9.17) is 30.4 Å². The minimum atomic E-state index is -1.03. The van der Waals surface area contributed by atoms with Crippen molar-refractivity contribution in [1.29, 1.82) is 0 Å². The average molecular weight is 1280 g/mol. The monoisotopic (exact) mass is 1270 g/mol. The van der Waals surface area contributed by atoms with E-state index in [0.29, 0.717) is 76.1 Å². The number of ether oxygens (including phenoxy) is 4. The minimum Gasteiger partial charge on any atom is -0.390 e. The van der Waals surface area contributed by atoms with Crippen LogP contribution in [0.1, 0.15) is 113 Å². The third-order valence-corrected chi connectivity index (χ3v) is 17.4. The van der Waals surface area contributed by atoms with Gasteiger partial charge in [-0.2, -0.15) is 10.2 Å². The molecule has 23 heteroatoms. The second kappa shape index (κ2) is 31.5. The highest BCUT2D eigenvalue weighted by molar-refractivity contribution is 9.10. The number of benzene rings is 4. The third-order valence-electron chi connectivity index (χ3n) is 16.9. The Bertz CT molecular complexity index is 3010. The summed E-state index contributed by atoms with van der Waals surface area (Å²) in [5.41, 5.74) is 14.1. The Morgan fingerprint density at radius 3 is 1.45 bits per heavy atom. The fourth-order valence-corrected chi connectivity index (χ4v) is 12.7. The van der Waals surface area contributed by atoms with Gasteiger partial charge in [0.1, 0.15) is 23.3 Å². The van der Waals surface area contributed by atoms with Gasteiger partial charge in [-0.05, 0) is 134 Å². The van der Waals surface area contributed by atoms with Crippen LogP contribution in [0.15, 0.2) is 126 Å². The molecule has 2 amide bonds. The maximum Gasteiger partial charge on any atom is 0.217 e.